The highest BCUT2D eigenvalue weighted by atomic mass is 16.4. The standard InChI is InChI=1S/C15H20N2O2/c1-10(7-15(18)19)8-16-9-13-11(2)17-14-6-4-3-5-12(13)14/h3-6,10,16-17H,7-9H2,1-2H3,(H,18,19). The molecular weight excluding hydrogens is 240 g/mol. The summed E-state index contributed by atoms with van der Waals surface area (Å²) in [5.41, 5.74) is 3.58. The number of carboxylic acids is 1. The van der Waals surface area contributed by atoms with E-state index in [2.05, 4.69) is 29.4 Å². The number of hydrogen-bond acceptors (Lipinski definition) is 2. The zero-order valence-corrected chi connectivity index (χ0v) is 11.4. The molecule has 2 aromatic rings. The third-order valence-electron chi connectivity index (χ3n) is 3.34. The minimum absolute atomic E-state index is 0.142. The molecular formula is C15H20N2O2. The Hall–Kier alpha value is -1.81. The summed E-state index contributed by atoms with van der Waals surface area (Å²) in [4.78, 5) is 14.0. The highest BCUT2D eigenvalue weighted by molar-refractivity contribution is 5.84. The molecule has 1 unspecified atom stereocenters. The van der Waals surface area contributed by atoms with Crippen LogP contribution < -0.4 is 5.32 Å². The molecule has 1 aromatic heterocycles. The number of aromatic amines is 1. The first-order chi connectivity index (χ1) is 9.08. The van der Waals surface area contributed by atoms with Gasteiger partial charge in [0.25, 0.3) is 0 Å². The SMILES string of the molecule is Cc1[nH]c2ccccc2c1CNCC(C)CC(=O)O. The Kier molecular flexibility index (Phi) is 4.22. The van der Waals surface area contributed by atoms with E-state index in [0.29, 0.717) is 6.54 Å². The van der Waals surface area contributed by atoms with Gasteiger partial charge in [0.05, 0.1) is 0 Å². The highest BCUT2D eigenvalue weighted by Gasteiger charge is 2.10. The van der Waals surface area contributed by atoms with Crippen molar-refractivity contribution in [1.29, 1.82) is 0 Å². The van der Waals surface area contributed by atoms with Crippen LogP contribution in [0.25, 0.3) is 10.9 Å². The van der Waals surface area contributed by atoms with Crippen molar-refractivity contribution < 1.29 is 9.90 Å². The molecule has 1 atom stereocenters. The number of carbonyl (C=O) groups is 1. The number of hydrogen-bond donors (Lipinski definition) is 3. The highest BCUT2D eigenvalue weighted by Crippen LogP contribution is 2.21. The number of aliphatic carboxylic acids is 1. The fraction of sp³-hybridized carbons (Fsp3) is 0.400. The van der Waals surface area contributed by atoms with Gasteiger partial charge in [0.2, 0.25) is 0 Å². The lowest BCUT2D eigenvalue weighted by Crippen LogP contribution is -2.22. The molecule has 1 heterocycles. The molecule has 0 aliphatic rings. The average molecular weight is 260 g/mol. The summed E-state index contributed by atoms with van der Waals surface area (Å²) in [6.07, 6.45) is 0.208. The van der Waals surface area contributed by atoms with Gasteiger partial charge in [0, 0.05) is 29.6 Å². The van der Waals surface area contributed by atoms with E-state index in [1.165, 1.54) is 16.6 Å². The zero-order chi connectivity index (χ0) is 13.8. The van der Waals surface area contributed by atoms with Gasteiger partial charge in [-0.2, -0.15) is 0 Å². The third kappa shape index (κ3) is 3.35. The van der Waals surface area contributed by atoms with Gasteiger partial charge in [-0.1, -0.05) is 25.1 Å². The molecule has 2 rings (SSSR count). The Morgan fingerprint density at radius 2 is 2.16 bits per heavy atom. The Morgan fingerprint density at radius 1 is 1.42 bits per heavy atom. The second-order valence-electron chi connectivity index (χ2n) is 5.11. The van der Waals surface area contributed by atoms with Crippen molar-refractivity contribution in [2.75, 3.05) is 6.54 Å². The Balaban J connectivity index is 1.98. The molecule has 0 spiro atoms. The molecule has 0 amide bonds. The molecule has 19 heavy (non-hydrogen) atoms. The first-order valence-corrected chi connectivity index (χ1v) is 6.56. The van der Waals surface area contributed by atoms with Crippen LogP contribution in [-0.2, 0) is 11.3 Å². The number of carboxylic acid groups (broad SMARTS) is 1. The van der Waals surface area contributed by atoms with Crippen LogP contribution in [0.3, 0.4) is 0 Å². The fourth-order valence-corrected chi connectivity index (χ4v) is 2.38. The number of fused-ring (bicyclic) bond motifs is 1. The number of para-hydroxylation sites is 1. The number of nitrogens with one attached hydrogen (secondary N) is 2. The minimum atomic E-state index is -0.738. The predicted octanol–water partition coefficient (Wildman–Crippen LogP) is 2.68. The van der Waals surface area contributed by atoms with Crippen LogP contribution in [0.4, 0.5) is 0 Å². The molecule has 102 valence electrons. The van der Waals surface area contributed by atoms with Crippen molar-refractivity contribution in [3.8, 4) is 0 Å². The van der Waals surface area contributed by atoms with Gasteiger partial charge in [-0.25, -0.2) is 0 Å². The van der Waals surface area contributed by atoms with Crippen LogP contribution in [0.2, 0.25) is 0 Å². The number of aromatic nitrogens is 1. The van der Waals surface area contributed by atoms with Crippen LogP contribution in [0.1, 0.15) is 24.6 Å². The van der Waals surface area contributed by atoms with Crippen LogP contribution in [0, 0.1) is 12.8 Å². The van der Waals surface area contributed by atoms with Gasteiger partial charge >= 0.3 is 5.97 Å². The maximum absolute atomic E-state index is 10.6. The molecule has 0 radical (unpaired) electrons. The molecule has 3 N–H and O–H groups in total. The molecule has 0 aliphatic heterocycles. The van der Waals surface area contributed by atoms with E-state index in [1.54, 1.807) is 0 Å². The van der Waals surface area contributed by atoms with Gasteiger partial charge in [-0.05, 0) is 31.0 Å². The summed E-state index contributed by atoms with van der Waals surface area (Å²) in [5, 5.41) is 13.3. The Bertz CT molecular complexity index is 575. The van der Waals surface area contributed by atoms with E-state index >= 15 is 0 Å². The monoisotopic (exact) mass is 260 g/mol. The molecule has 0 aliphatic carbocycles. The number of benzene rings is 1. The summed E-state index contributed by atoms with van der Waals surface area (Å²) in [5.74, 6) is -0.597. The fourth-order valence-electron chi connectivity index (χ4n) is 2.38. The summed E-state index contributed by atoms with van der Waals surface area (Å²) < 4.78 is 0. The summed E-state index contributed by atoms with van der Waals surface area (Å²) in [6, 6.07) is 8.23. The van der Waals surface area contributed by atoms with Crippen LogP contribution in [-0.4, -0.2) is 22.6 Å². The summed E-state index contributed by atoms with van der Waals surface area (Å²) in [7, 11) is 0. The van der Waals surface area contributed by atoms with Crippen LogP contribution >= 0.6 is 0 Å². The van der Waals surface area contributed by atoms with Gasteiger partial charge in [0.15, 0.2) is 0 Å². The first-order valence-electron chi connectivity index (χ1n) is 6.56. The van der Waals surface area contributed by atoms with Crippen molar-refractivity contribution in [2.45, 2.75) is 26.8 Å². The largest absolute Gasteiger partial charge is 0.481 e. The van der Waals surface area contributed by atoms with Gasteiger partial charge in [0.1, 0.15) is 0 Å². The lowest BCUT2D eigenvalue weighted by molar-refractivity contribution is -0.137. The van der Waals surface area contributed by atoms with E-state index in [9.17, 15) is 4.79 Å². The molecule has 0 fully saturated rings. The van der Waals surface area contributed by atoms with Gasteiger partial charge in [-0.15, -0.1) is 0 Å². The second-order valence-corrected chi connectivity index (χ2v) is 5.11. The number of H-pyrrole nitrogens is 1. The van der Waals surface area contributed by atoms with E-state index in [-0.39, 0.29) is 12.3 Å². The summed E-state index contributed by atoms with van der Waals surface area (Å²) >= 11 is 0. The predicted molar refractivity (Wildman–Crippen MR) is 76.2 cm³/mol. The smallest absolute Gasteiger partial charge is 0.303 e. The minimum Gasteiger partial charge on any atom is -0.481 e. The molecule has 1 aromatic carbocycles. The molecule has 4 heteroatoms. The topological polar surface area (TPSA) is 65.1 Å². The Morgan fingerprint density at radius 3 is 2.89 bits per heavy atom. The van der Waals surface area contributed by atoms with E-state index in [4.69, 9.17) is 5.11 Å². The van der Waals surface area contributed by atoms with Gasteiger partial charge < -0.3 is 15.4 Å². The number of rotatable bonds is 6. The van der Waals surface area contributed by atoms with Crippen LogP contribution in [0.15, 0.2) is 24.3 Å². The molecule has 4 nitrogen and oxygen atoms in total. The molecule has 0 saturated carbocycles. The van der Waals surface area contributed by atoms with Crippen molar-refractivity contribution in [3.63, 3.8) is 0 Å². The lowest BCUT2D eigenvalue weighted by Gasteiger charge is -2.10. The van der Waals surface area contributed by atoms with Gasteiger partial charge in [-0.3, -0.25) is 4.79 Å². The second kappa shape index (κ2) is 5.89. The van der Waals surface area contributed by atoms with Crippen LogP contribution in [0.5, 0.6) is 0 Å². The normalized spacial score (nSPS) is 12.7. The first kappa shape index (κ1) is 13.6. The average Bonchev–Trinajstić information content (AvgIpc) is 2.65. The van der Waals surface area contributed by atoms with Crippen molar-refractivity contribution in [3.05, 3.63) is 35.5 Å². The van der Waals surface area contributed by atoms with Crippen molar-refractivity contribution in [1.82, 2.24) is 10.3 Å². The maximum atomic E-state index is 10.6. The van der Waals surface area contributed by atoms with Crippen molar-refractivity contribution >= 4 is 16.9 Å². The van der Waals surface area contributed by atoms with E-state index in [1.807, 2.05) is 19.1 Å². The molecule has 0 saturated heterocycles. The lowest BCUT2D eigenvalue weighted by atomic mass is 10.1. The third-order valence-corrected chi connectivity index (χ3v) is 3.34. The molecule has 0 bridgehead atoms. The maximum Gasteiger partial charge on any atom is 0.303 e. The van der Waals surface area contributed by atoms with E-state index < -0.39 is 5.97 Å². The quantitative estimate of drug-likeness (QED) is 0.748. The van der Waals surface area contributed by atoms with Crippen molar-refractivity contribution in [2.24, 2.45) is 5.92 Å². The number of aryl methyl sites for hydroxylation is 1. The zero-order valence-electron chi connectivity index (χ0n) is 11.4. The summed E-state index contributed by atoms with van der Waals surface area (Å²) in [6.45, 7) is 5.49. The van der Waals surface area contributed by atoms with E-state index in [0.717, 1.165) is 12.1 Å². The Labute approximate surface area is 112 Å².